The first-order chi connectivity index (χ1) is 21.2. The third kappa shape index (κ3) is 3.85. The highest BCUT2D eigenvalue weighted by Crippen LogP contribution is 2.45. The summed E-state index contributed by atoms with van der Waals surface area (Å²) in [6, 6.07) is 36.7. The average Bonchev–Trinajstić information content (AvgIpc) is 3.51. The molecular weight excluding hydrogens is 532 g/mol. The Morgan fingerprint density at radius 3 is 1.55 bits per heavy atom. The fraction of sp³-hybridized carbons (Fsp3) is 0.214. The molecule has 0 bridgehead atoms. The van der Waals surface area contributed by atoms with E-state index in [9.17, 15) is 5.26 Å². The molecule has 0 fully saturated rings. The van der Waals surface area contributed by atoms with Crippen LogP contribution in [0.5, 0.6) is 0 Å². The molecule has 2 heteroatoms. The van der Waals surface area contributed by atoms with Crippen molar-refractivity contribution < 1.29 is 0 Å². The van der Waals surface area contributed by atoms with Crippen LogP contribution in [0, 0.1) is 11.3 Å². The molecule has 0 saturated carbocycles. The molecule has 0 aliphatic rings. The van der Waals surface area contributed by atoms with Gasteiger partial charge in [-0.05, 0) is 116 Å². The van der Waals surface area contributed by atoms with Crippen molar-refractivity contribution in [1.82, 2.24) is 4.40 Å². The lowest BCUT2D eigenvalue weighted by Gasteiger charge is -2.14. The van der Waals surface area contributed by atoms with Crippen LogP contribution in [0.25, 0.3) is 70.8 Å². The van der Waals surface area contributed by atoms with E-state index in [0.29, 0.717) is 23.3 Å². The highest BCUT2D eigenvalue weighted by molar-refractivity contribution is 6.27. The predicted molar refractivity (Wildman–Crippen MR) is 189 cm³/mol. The first-order valence-electron chi connectivity index (χ1n) is 15.9. The van der Waals surface area contributed by atoms with E-state index in [2.05, 4.69) is 137 Å². The SMILES string of the molecule is CC(C)c1ccc2cc3c(cc2c1)c1cc(-c2cc(C#N)ccc2C(C)C)cc2c4cc5cc(C(C)C)ccc5cc4n3c12. The molecule has 44 heavy (non-hydrogen) atoms. The topological polar surface area (TPSA) is 28.2 Å². The minimum Gasteiger partial charge on any atom is -0.308 e. The molecule has 2 nitrogen and oxygen atoms in total. The first kappa shape index (κ1) is 26.7. The largest absolute Gasteiger partial charge is 0.308 e. The molecule has 0 aliphatic carbocycles. The van der Waals surface area contributed by atoms with Gasteiger partial charge in [0, 0.05) is 21.5 Å². The van der Waals surface area contributed by atoms with Crippen molar-refractivity contribution in [2.75, 3.05) is 0 Å². The summed E-state index contributed by atoms with van der Waals surface area (Å²) in [6.07, 6.45) is 0. The van der Waals surface area contributed by atoms with Crippen molar-refractivity contribution in [3.63, 3.8) is 0 Å². The monoisotopic (exact) mass is 568 g/mol. The highest BCUT2D eigenvalue weighted by atomic mass is 14.9. The number of benzene rings is 6. The van der Waals surface area contributed by atoms with Crippen LogP contribution in [0.4, 0.5) is 0 Å². The summed E-state index contributed by atoms with van der Waals surface area (Å²) in [5, 5.41) is 20.0. The van der Waals surface area contributed by atoms with Crippen LogP contribution in [-0.2, 0) is 0 Å². The van der Waals surface area contributed by atoms with Gasteiger partial charge in [0.05, 0.1) is 28.2 Å². The summed E-state index contributed by atoms with van der Waals surface area (Å²) < 4.78 is 2.50. The van der Waals surface area contributed by atoms with Crippen LogP contribution >= 0.6 is 0 Å². The average molecular weight is 569 g/mol. The molecular formula is C42H36N2. The molecule has 0 spiro atoms. The highest BCUT2D eigenvalue weighted by Gasteiger charge is 2.21. The van der Waals surface area contributed by atoms with Gasteiger partial charge in [0.25, 0.3) is 0 Å². The van der Waals surface area contributed by atoms with Gasteiger partial charge in [-0.25, -0.2) is 0 Å². The predicted octanol–water partition coefficient (Wildman–Crippen LogP) is 12.1. The molecule has 0 N–H and O–H groups in total. The zero-order chi connectivity index (χ0) is 30.4. The van der Waals surface area contributed by atoms with Crippen molar-refractivity contribution in [1.29, 1.82) is 5.26 Å². The molecule has 0 unspecified atom stereocenters. The Hall–Kier alpha value is -4.87. The van der Waals surface area contributed by atoms with Crippen LogP contribution < -0.4 is 0 Å². The lowest BCUT2D eigenvalue weighted by Crippen LogP contribution is -1.94. The maximum atomic E-state index is 9.83. The Morgan fingerprint density at radius 2 is 1.07 bits per heavy atom. The van der Waals surface area contributed by atoms with E-state index in [1.54, 1.807) is 0 Å². The lowest BCUT2D eigenvalue weighted by molar-refractivity contribution is 0.869. The van der Waals surface area contributed by atoms with Crippen LogP contribution in [0.15, 0.2) is 91.0 Å². The second-order valence-corrected chi connectivity index (χ2v) is 13.6. The minimum absolute atomic E-state index is 0.340. The molecule has 0 aliphatic heterocycles. The number of nitrogens with zero attached hydrogens (tertiary/aromatic N) is 2. The van der Waals surface area contributed by atoms with E-state index in [4.69, 9.17) is 0 Å². The van der Waals surface area contributed by atoms with Gasteiger partial charge in [-0.2, -0.15) is 5.26 Å². The molecule has 0 atom stereocenters. The van der Waals surface area contributed by atoms with Crippen molar-refractivity contribution >= 4 is 59.6 Å². The number of aromatic nitrogens is 1. The Bertz CT molecular complexity index is 2340. The standard InChI is InChI=1S/C42H36N2/c1-23(2)27-8-10-29-20-40-36(16-31(29)14-27)38-18-33(35-13-26(22-43)7-12-34(35)25(5)6)19-39-37-17-32-15-28(24(3)4)9-11-30(32)21-41(37)44(40)42(38)39/h7-21,23-25H,1-6H3. The summed E-state index contributed by atoms with van der Waals surface area (Å²) >= 11 is 0. The van der Waals surface area contributed by atoms with Gasteiger partial charge < -0.3 is 4.40 Å². The molecule has 6 aromatic carbocycles. The zero-order valence-corrected chi connectivity index (χ0v) is 26.3. The van der Waals surface area contributed by atoms with E-state index in [1.165, 1.54) is 81.9 Å². The third-order valence-corrected chi connectivity index (χ3v) is 9.80. The van der Waals surface area contributed by atoms with Crippen molar-refractivity contribution in [2.24, 2.45) is 0 Å². The second kappa shape index (κ2) is 9.57. The Morgan fingerprint density at radius 1 is 0.523 bits per heavy atom. The van der Waals surface area contributed by atoms with Gasteiger partial charge in [0.2, 0.25) is 0 Å². The van der Waals surface area contributed by atoms with E-state index in [-0.39, 0.29) is 0 Å². The maximum Gasteiger partial charge on any atom is 0.0991 e. The van der Waals surface area contributed by atoms with Gasteiger partial charge in [-0.15, -0.1) is 0 Å². The lowest BCUT2D eigenvalue weighted by atomic mass is 9.89. The van der Waals surface area contributed by atoms with Crippen molar-refractivity contribution in [2.45, 2.75) is 59.3 Å². The number of rotatable bonds is 4. The third-order valence-electron chi connectivity index (χ3n) is 9.80. The normalized spacial score (nSPS) is 12.5. The van der Waals surface area contributed by atoms with Crippen molar-refractivity contribution in [3.05, 3.63) is 113 Å². The van der Waals surface area contributed by atoms with Gasteiger partial charge in [0.1, 0.15) is 0 Å². The summed E-state index contributed by atoms with van der Waals surface area (Å²) in [5.74, 6) is 1.30. The molecule has 0 radical (unpaired) electrons. The maximum absolute atomic E-state index is 9.83. The molecule has 0 amide bonds. The second-order valence-electron chi connectivity index (χ2n) is 13.6. The number of fused-ring (bicyclic) bond motifs is 8. The zero-order valence-electron chi connectivity index (χ0n) is 26.3. The van der Waals surface area contributed by atoms with E-state index < -0.39 is 0 Å². The Labute approximate surface area is 258 Å². The minimum atomic E-state index is 0.340. The molecule has 8 aromatic rings. The smallest absolute Gasteiger partial charge is 0.0991 e. The quantitative estimate of drug-likeness (QED) is 0.207. The molecule has 2 aromatic heterocycles. The molecule has 214 valence electrons. The van der Waals surface area contributed by atoms with Crippen LogP contribution in [0.1, 0.15) is 81.5 Å². The van der Waals surface area contributed by atoms with Gasteiger partial charge >= 0.3 is 0 Å². The van der Waals surface area contributed by atoms with Crippen LogP contribution in [-0.4, -0.2) is 4.40 Å². The van der Waals surface area contributed by atoms with Crippen LogP contribution in [0.3, 0.4) is 0 Å². The van der Waals surface area contributed by atoms with E-state index >= 15 is 0 Å². The summed E-state index contributed by atoms with van der Waals surface area (Å²) in [7, 11) is 0. The first-order valence-corrected chi connectivity index (χ1v) is 15.9. The van der Waals surface area contributed by atoms with Crippen molar-refractivity contribution in [3.8, 4) is 17.2 Å². The van der Waals surface area contributed by atoms with Gasteiger partial charge in [0.15, 0.2) is 0 Å². The Kier molecular flexibility index (Phi) is 5.81. The molecule has 8 rings (SSSR count). The van der Waals surface area contributed by atoms with E-state index in [0.717, 1.165) is 5.56 Å². The number of hydrogen-bond donors (Lipinski definition) is 0. The van der Waals surface area contributed by atoms with Crippen LogP contribution in [0.2, 0.25) is 0 Å². The van der Waals surface area contributed by atoms with Gasteiger partial charge in [-0.3, -0.25) is 0 Å². The molecule has 0 saturated heterocycles. The number of hydrogen-bond acceptors (Lipinski definition) is 1. The fourth-order valence-electron chi connectivity index (χ4n) is 7.32. The summed E-state index contributed by atoms with van der Waals surface area (Å²) in [6.45, 7) is 13.5. The Balaban J connectivity index is 1.56. The fourth-order valence-corrected chi connectivity index (χ4v) is 7.32. The number of nitriles is 1. The molecule has 2 heterocycles. The van der Waals surface area contributed by atoms with E-state index in [1.807, 2.05) is 6.07 Å². The summed E-state index contributed by atoms with van der Waals surface area (Å²) in [5.41, 5.74) is 10.8. The van der Waals surface area contributed by atoms with Gasteiger partial charge in [-0.1, -0.05) is 84.0 Å². The summed E-state index contributed by atoms with van der Waals surface area (Å²) in [4.78, 5) is 0.